The van der Waals surface area contributed by atoms with Gasteiger partial charge in [0.15, 0.2) is 0 Å². The lowest BCUT2D eigenvalue weighted by molar-refractivity contribution is -0.141. The van der Waals surface area contributed by atoms with Crippen molar-refractivity contribution in [1.29, 1.82) is 0 Å². The largest absolute Gasteiger partial charge is 0.328 e. The molecule has 2 aliphatic heterocycles. The molecule has 6 nitrogen and oxygen atoms in total. The Bertz CT molecular complexity index is 971. The molecule has 0 aromatic heterocycles. The standard InChI is InChI=1S/C28H32N2O4/c31-25-21(17-29(27(25)33)23-7-3-1-4-8-23)15-19-11-13-20(14-12-19)16-22-18-30(28(34)26(22)32)24-9-5-2-6-10-24/h11-16,23-24H,1-10,17-18H2/b21-15+,22-16+. The van der Waals surface area contributed by atoms with Crippen molar-refractivity contribution in [3.05, 3.63) is 46.5 Å². The van der Waals surface area contributed by atoms with E-state index in [-0.39, 0.29) is 23.9 Å². The van der Waals surface area contributed by atoms with E-state index in [4.69, 9.17) is 0 Å². The number of hydrogen-bond donors (Lipinski definition) is 0. The molecule has 2 amide bonds. The second kappa shape index (κ2) is 9.69. The minimum absolute atomic E-state index is 0.185. The second-order valence-electron chi connectivity index (χ2n) is 10.1. The van der Waals surface area contributed by atoms with E-state index in [0.717, 1.165) is 62.5 Å². The quantitative estimate of drug-likeness (QED) is 0.504. The SMILES string of the molecule is O=C1C(=O)N(C2CCCCC2)C/C1=C\c1ccc(/C=C2\CN(C3CCCCC3)C(=O)C2=O)cc1. The number of amides is 2. The number of hydrogen-bond acceptors (Lipinski definition) is 4. The zero-order chi connectivity index (χ0) is 23.7. The number of rotatable bonds is 4. The Balaban J connectivity index is 1.27. The van der Waals surface area contributed by atoms with Crippen molar-refractivity contribution in [3.8, 4) is 0 Å². The maximum Gasteiger partial charge on any atom is 0.295 e. The van der Waals surface area contributed by atoms with E-state index in [2.05, 4.69) is 0 Å². The van der Waals surface area contributed by atoms with Crippen LogP contribution in [-0.2, 0) is 19.2 Å². The fourth-order valence-electron chi connectivity index (χ4n) is 5.88. The molecule has 2 saturated heterocycles. The van der Waals surface area contributed by atoms with Gasteiger partial charge in [0.05, 0.1) is 13.1 Å². The molecule has 0 N–H and O–H groups in total. The Hall–Kier alpha value is -3.02. The van der Waals surface area contributed by atoms with E-state index < -0.39 is 11.6 Å². The third kappa shape index (κ3) is 4.50. The third-order valence-electron chi connectivity index (χ3n) is 7.82. The van der Waals surface area contributed by atoms with Gasteiger partial charge in [0.2, 0.25) is 11.6 Å². The summed E-state index contributed by atoms with van der Waals surface area (Å²) in [5.41, 5.74) is 2.78. The molecule has 6 heteroatoms. The Kier molecular flexibility index (Phi) is 6.48. The fraction of sp³-hybridized carbons (Fsp3) is 0.500. The lowest BCUT2D eigenvalue weighted by Gasteiger charge is -2.30. The van der Waals surface area contributed by atoms with Gasteiger partial charge in [0.1, 0.15) is 0 Å². The number of carbonyl (C=O) groups excluding carboxylic acids is 4. The first kappa shape index (κ1) is 22.8. The molecule has 178 valence electrons. The number of benzene rings is 1. The first-order chi connectivity index (χ1) is 16.5. The van der Waals surface area contributed by atoms with Gasteiger partial charge in [-0.3, -0.25) is 19.2 Å². The summed E-state index contributed by atoms with van der Waals surface area (Å²) in [4.78, 5) is 53.6. The highest BCUT2D eigenvalue weighted by Crippen LogP contribution is 2.29. The van der Waals surface area contributed by atoms with E-state index in [1.807, 2.05) is 24.3 Å². The van der Waals surface area contributed by atoms with Crippen LogP contribution in [0.5, 0.6) is 0 Å². The molecule has 0 atom stereocenters. The summed E-state index contributed by atoms with van der Waals surface area (Å²) >= 11 is 0. The topological polar surface area (TPSA) is 74.8 Å². The summed E-state index contributed by atoms with van der Waals surface area (Å²) in [7, 11) is 0. The van der Waals surface area contributed by atoms with Gasteiger partial charge in [-0.1, -0.05) is 62.8 Å². The zero-order valence-electron chi connectivity index (χ0n) is 19.6. The minimum Gasteiger partial charge on any atom is -0.328 e. The van der Waals surface area contributed by atoms with Crippen molar-refractivity contribution in [3.63, 3.8) is 0 Å². The molecule has 2 saturated carbocycles. The number of Topliss-reactive ketones (excluding diaryl/α,β-unsaturated/α-hetero) is 2. The third-order valence-corrected chi connectivity index (χ3v) is 7.82. The summed E-state index contributed by atoms with van der Waals surface area (Å²) in [5, 5.41) is 0. The second-order valence-corrected chi connectivity index (χ2v) is 10.1. The highest BCUT2D eigenvalue weighted by Gasteiger charge is 2.39. The van der Waals surface area contributed by atoms with Crippen molar-refractivity contribution in [2.24, 2.45) is 0 Å². The predicted molar refractivity (Wildman–Crippen MR) is 130 cm³/mol. The molecule has 2 heterocycles. The van der Waals surface area contributed by atoms with Gasteiger partial charge in [-0.2, -0.15) is 0 Å². The Labute approximate surface area is 200 Å². The lowest BCUT2D eigenvalue weighted by atomic mass is 9.94. The van der Waals surface area contributed by atoms with Gasteiger partial charge < -0.3 is 9.80 Å². The molecule has 0 unspecified atom stereocenters. The Morgan fingerprint density at radius 2 is 0.912 bits per heavy atom. The number of carbonyl (C=O) groups is 4. The zero-order valence-corrected chi connectivity index (χ0v) is 19.6. The fourth-order valence-corrected chi connectivity index (χ4v) is 5.88. The van der Waals surface area contributed by atoms with Crippen molar-refractivity contribution in [2.45, 2.75) is 76.3 Å². The monoisotopic (exact) mass is 460 g/mol. The molecule has 0 spiro atoms. The molecule has 5 rings (SSSR count). The normalized spacial score (nSPS) is 25.4. The van der Waals surface area contributed by atoms with E-state index in [9.17, 15) is 19.2 Å². The van der Waals surface area contributed by atoms with Gasteiger partial charge in [0, 0.05) is 23.2 Å². The summed E-state index contributed by atoms with van der Waals surface area (Å²) in [5.74, 6) is -1.53. The van der Waals surface area contributed by atoms with Gasteiger partial charge in [-0.15, -0.1) is 0 Å². The van der Waals surface area contributed by atoms with E-state index >= 15 is 0 Å². The predicted octanol–water partition coefficient (Wildman–Crippen LogP) is 3.94. The van der Waals surface area contributed by atoms with Crippen LogP contribution in [0.15, 0.2) is 35.4 Å². The molecule has 1 aromatic carbocycles. The van der Waals surface area contributed by atoms with Crippen molar-refractivity contribution < 1.29 is 19.2 Å². The first-order valence-corrected chi connectivity index (χ1v) is 12.7. The average molecular weight is 461 g/mol. The summed E-state index contributed by atoms with van der Waals surface area (Å²) < 4.78 is 0. The van der Waals surface area contributed by atoms with E-state index in [1.165, 1.54) is 12.8 Å². The molecule has 4 aliphatic rings. The maximum absolute atomic E-state index is 12.5. The average Bonchev–Trinajstić information content (AvgIpc) is 3.32. The number of ketones is 2. The van der Waals surface area contributed by atoms with E-state index in [1.54, 1.807) is 22.0 Å². The summed E-state index contributed by atoms with van der Waals surface area (Å²) in [6.45, 7) is 0.781. The van der Waals surface area contributed by atoms with Gasteiger partial charge >= 0.3 is 0 Å². The van der Waals surface area contributed by atoms with Crippen LogP contribution in [0.1, 0.15) is 75.3 Å². The van der Waals surface area contributed by atoms with Gasteiger partial charge in [0.25, 0.3) is 11.8 Å². The molecule has 1 aromatic rings. The Morgan fingerprint density at radius 3 is 1.26 bits per heavy atom. The Morgan fingerprint density at radius 1 is 0.559 bits per heavy atom. The van der Waals surface area contributed by atoms with Crippen LogP contribution in [-0.4, -0.2) is 58.4 Å². The molecule has 0 bridgehead atoms. The first-order valence-electron chi connectivity index (χ1n) is 12.7. The molecule has 0 radical (unpaired) electrons. The number of likely N-dealkylation sites (tertiary alicyclic amines) is 2. The lowest BCUT2D eigenvalue weighted by Crippen LogP contribution is -2.38. The van der Waals surface area contributed by atoms with Crippen molar-refractivity contribution in [2.75, 3.05) is 13.1 Å². The molecular weight excluding hydrogens is 428 g/mol. The molecule has 34 heavy (non-hydrogen) atoms. The highest BCUT2D eigenvalue weighted by atomic mass is 16.2. The van der Waals surface area contributed by atoms with Gasteiger partial charge in [-0.25, -0.2) is 0 Å². The van der Waals surface area contributed by atoms with Crippen LogP contribution >= 0.6 is 0 Å². The van der Waals surface area contributed by atoms with Crippen LogP contribution in [0.25, 0.3) is 12.2 Å². The van der Waals surface area contributed by atoms with Crippen molar-refractivity contribution >= 4 is 35.5 Å². The van der Waals surface area contributed by atoms with Crippen molar-refractivity contribution in [1.82, 2.24) is 9.80 Å². The van der Waals surface area contributed by atoms with E-state index in [0.29, 0.717) is 24.2 Å². The summed E-state index contributed by atoms with van der Waals surface area (Å²) in [6, 6.07) is 7.93. The van der Waals surface area contributed by atoms with Crippen LogP contribution < -0.4 is 0 Å². The molecule has 2 aliphatic carbocycles. The van der Waals surface area contributed by atoms with Gasteiger partial charge in [-0.05, 0) is 49.0 Å². The molecular formula is C28H32N2O4. The maximum atomic E-state index is 12.5. The molecule has 4 fully saturated rings. The van der Waals surface area contributed by atoms with Crippen LogP contribution in [0.3, 0.4) is 0 Å². The van der Waals surface area contributed by atoms with Crippen LogP contribution in [0.4, 0.5) is 0 Å². The number of nitrogens with zero attached hydrogens (tertiary/aromatic N) is 2. The smallest absolute Gasteiger partial charge is 0.295 e. The van der Waals surface area contributed by atoms with Crippen LogP contribution in [0, 0.1) is 0 Å². The van der Waals surface area contributed by atoms with Crippen LogP contribution in [0.2, 0.25) is 0 Å². The summed E-state index contributed by atoms with van der Waals surface area (Å²) in [6.07, 6.45) is 14.4. The highest BCUT2D eigenvalue weighted by molar-refractivity contribution is 6.46. The minimum atomic E-state index is -0.394.